The lowest BCUT2D eigenvalue weighted by molar-refractivity contribution is 0.392. The molecule has 0 amide bonds. The van der Waals surface area contributed by atoms with Crippen molar-refractivity contribution in [2.24, 2.45) is 0 Å². The van der Waals surface area contributed by atoms with Gasteiger partial charge in [0.1, 0.15) is 5.76 Å². The highest BCUT2D eigenvalue weighted by Crippen LogP contribution is 2.22. The summed E-state index contributed by atoms with van der Waals surface area (Å²) in [5.74, 6) is 0.738. The minimum Gasteiger partial charge on any atom is -0.380 e. The Morgan fingerprint density at radius 1 is 1.26 bits per heavy atom. The molecule has 0 spiro atoms. The molecule has 1 N–H and O–H groups in total. The van der Waals surface area contributed by atoms with Gasteiger partial charge in [-0.25, -0.2) is 8.42 Å². The van der Waals surface area contributed by atoms with Crippen molar-refractivity contribution >= 4 is 15.5 Å². The minimum atomic E-state index is -3.25. The SMILES string of the molecule is Cc1noc(C)c1CNc1ccccc1S(C)(=O)=O. The van der Waals surface area contributed by atoms with E-state index in [0.717, 1.165) is 17.0 Å². The largest absolute Gasteiger partial charge is 0.380 e. The molecule has 0 aliphatic heterocycles. The first-order valence-electron chi connectivity index (χ1n) is 5.84. The van der Waals surface area contributed by atoms with Crippen molar-refractivity contribution in [1.29, 1.82) is 0 Å². The molecule has 0 aliphatic rings. The van der Waals surface area contributed by atoms with Crippen molar-refractivity contribution in [3.05, 3.63) is 41.3 Å². The fourth-order valence-electron chi connectivity index (χ4n) is 1.87. The van der Waals surface area contributed by atoms with Crippen LogP contribution >= 0.6 is 0 Å². The Morgan fingerprint density at radius 3 is 2.53 bits per heavy atom. The number of benzene rings is 1. The van der Waals surface area contributed by atoms with Gasteiger partial charge < -0.3 is 9.84 Å². The minimum absolute atomic E-state index is 0.293. The summed E-state index contributed by atoms with van der Waals surface area (Å²) in [7, 11) is -3.25. The van der Waals surface area contributed by atoms with Crippen LogP contribution in [0.5, 0.6) is 0 Å². The first-order chi connectivity index (χ1) is 8.89. The van der Waals surface area contributed by atoms with E-state index in [4.69, 9.17) is 4.52 Å². The third kappa shape index (κ3) is 2.96. The van der Waals surface area contributed by atoms with E-state index in [0.29, 0.717) is 17.1 Å². The molecule has 2 rings (SSSR count). The zero-order valence-corrected chi connectivity index (χ0v) is 11.9. The summed E-state index contributed by atoms with van der Waals surface area (Å²) in [5, 5.41) is 6.99. The van der Waals surface area contributed by atoms with Gasteiger partial charge in [-0.05, 0) is 26.0 Å². The van der Waals surface area contributed by atoms with Crippen LogP contribution in [0.3, 0.4) is 0 Å². The third-order valence-corrected chi connectivity index (χ3v) is 4.08. The maximum Gasteiger partial charge on any atom is 0.177 e. The van der Waals surface area contributed by atoms with Crippen LogP contribution in [-0.4, -0.2) is 19.8 Å². The van der Waals surface area contributed by atoms with Gasteiger partial charge in [0.25, 0.3) is 0 Å². The molecular formula is C13H16N2O3S. The lowest BCUT2D eigenvalue weighted by atomic mass is 10.2. The van der Waals surface area contributed by atoms with Gasteiger partial charge in [-0.3, -0.25) is 0 Å². The Bertz CT molecular complexity index is 670. The van der Waals surface area contributed by atoms with E-state index in [1.54, 1.807) is 24.3 Å². The van der Waals surface area contributed by atoms with Gasteiger partial charge in [0, 0.05) is 18.4 Å². The summed E-state index contributed by atoms with van der Waals surface area (Å²) >= 11 is 0. The number of hydrogen-bond donors (Lipinski definition) is 1. The van der Waals surface area contributed by atoms with Gasteiger partial charge in [-0.15, -0.1) is 0 Å². The maximum absolute atomic E-state index is 11.7. The molecular weight excluding hydrogens is 264 g/mol. The van der Waals surface area contributed by atoms with Crippen molar-refractivity contribution in [2.45, 2.75) is 25.3 Å². The fourth-order valence-corrected chi connectivity index (χ4v) is 2.74. The number of nitrogens with one attached hydrogen (secondary N) is 1. The molecule has 1 heterocycles. The molecule has 1 aromatic heterocycles. The van der Waals surface area contributed by atoms with E-state index in [1.807, 2.05) is 13.8 Å². The predicted molar refractivity (Wildman–Crippen MR) is 72.9 cm³/mol. The smallest absolute Gasteiger partial charge is 0.177 e. The summed E-state index contributed by atoms with van der Waals surface area (Å²) < 4.78 is 28.4. The molecule has 0 aliphatic carbocycles. The molecule has 0 fully saturated rings. The maximum atomic E-state index is 11.7. The molecule has 5 nitrogen and oxygen atoms in total. The first-order valence-corrected chi connectivity index (χ1v) is 7.73. The number of aryl methyl sites for hydroxylation is 2. The van der Waals surface area contributed by atoms with Crippen LogP contribution < -0.4 is 5.32 Å². The van der Waals surface area contributed by atoms with Gasteiger partial charge >= 0.3 is 0 Å². The van der Waals surface area contributed by atoms with Crippen molar-refractivity contribution in [2.75, 3.05) is 11.6 Å². The predicted octanol–water partition coefficient (Wildman–Crippen LogP) is 2.31. The highest BCUT2D eigenvalue weighted by Gasteiger charge is 2.14. The summed E-state index contributed by atoms with van der Waals surface area (Å²) in [6.07, 6.45) is 1.20. The highest BCUT2D eigenvalue weighted by molar-refractivity contribution is 7.90. The lowest BCUT2D eigenvalue weighted by Gasteiger charge is -2.10. The molecule has 0 saturated carbocycles. The average molecular weight is 280 g/mol. The molecule has 2 aromatic rings. The van der Waals surface area contributed by atoms with Gasteiger partial charge in [-0.2, -0.15) is 0 Å². The monoisotopic (exact) mass is 280 g/mol. The number of aromatic nitrogens is 1. The third-order valence-electron chi connectivity index (χ3n) is 2.92. The van der Waals surface area contributed by atoms with Crippen LogP contribution in [0.4, 0.5) is 5.69 Å². The standard InChI is InChI=1S/C13H16N2O3S/c1-9-11(10(2)18-15-9)8-14-12-6-4-5-7-13(12)19(3,16)17/h4-7,14H,8H2,1-3H3. The molecule has 19 heavy (non-hydrogen) atoms. The zero-order valence-electron chi connectivity index (χ0n) is 11.1. The van der Waals surface area contributed by atoms with Crippen LogP contribution in [0.15, 0.2) is 33.7 Å². The Balaban J connectivity index is 2.26. The number of anilines is 1. The van der Waals surface area contributed by atoms with Gasteiger partial charge in [0.05, 0.1) is 16.3 Å². The Kier molecular flexibility index (Phi) is 3.61. The Morgan fingerprint density at radius 2 is 1.95 bits per heavy atom. The first kappa shape index (κ1) is 13.6. The van der Waals surface area contributed by atoms with Crippen LogP contribution in [0, 0.1) is 13.8 Å². The lowest BCUT2D eigenvalue weighted by Crippen LogP contribution is -2.06. The van der Waals surface area contributed by atoms with Crippen LogP contribution in [0.25, 0.3) is 0 Å². The average Bonchev–Trinajstić information content (AvgIpc) is 2.66. The van der Waals surface area contributed by atoms with Gasteiger partial charge in [-0.1, -0.05) is 17.3 Å². The molecule has 0 bridgehead atoms. The molecule has 102 valence electrons. The van der Waals surface area contributed by atoms with Crippen molar-refractivity contribution in [1.82, 2.24) is 5.16 Å². The Labute approximate surface area is 112 Å². The summed E-state index contributed by atoms with van der Waals surface area (Å²) in [5.41, 5.74) is 2.34. The normalized spacial score (nSPS) is 11.5. The van der Waals surface area contributed by atoms with E-state index in [-0.39, 0.29) is 0 Å². The van der Waals surface area contributed by atoms with Crippen molar-refractivity contribution in [3.63, 3.8) is 0 Å². The molecule has 0 atom stereocenters. The highest BCUT2D eigenvalue weighted by atomic mass is 32.2. The van der Waals surface area contributed by atoms with Gasteiger partial charge in [0.15, 0.2) is 9.84 Å². The second kappa shape index (κ2) is 5.05. The van der Waals surface area contributed by atoms with Crippen LogP contribution in [0.1, 0.15) is 17.0 Å². The number of para-hydroxylation sites is 1. The van der Waals surface area contributed by atoms with E-state index in [9.17, 15) is 8.42 Å². The molecule has 6 heteroatoms. The molecule has 1 aromatic carbocycles. The molecule has 0 radical (unpaired) electrons. The number of hydrogen-bond acceptors (Lipinski definition) is 5. The van der Waals surface area contributed by atoms with E-state index in [2.05, 4.69) is 10.5 Å². The van der Waals surface area contributed by atoms with E-state index >= 15 is 0 Å². The van der Waals surface area contributed by atoms with E-state index < -0.39 is 9.84 Å². The fraction of sp³-hybridized carbons (Fsp3) is 0.308. The zero-order chi connectivity index (χ0) is 14.0. The van der Waals surface area contributed by atoms with Crippen LogP contribution in [-0.2, 0) is 16.4 Å². The summed E-state index contributed by atoms with van der Waals surface area (Å²) in [6, 6.07) is 6.83. The van der Waals surface area contributed by atoms with Crippen LogP contribution in [0.2, 0.25) is 0 Å². The second-order valence-corrected chi connectivity index (χ2v) is 6.41. The summed E-state index contributed by atoms with van der Waals surface area (Å²) in [6.45, 7) is 4.17. The number of sulfone groups is 1. The number of rotatable bonds is 4. The summed E-state index contributed by atoms with van der Waals surface area (Å²) in [4.78, 5) is 0.293. The van der Waals surface area contributed by atoms with Crippen molar-refractivity contribution < 1.29 is 12.9 Å². The van der Waals surface area contributed by atoms with E-state index in [1.165, 1.54) is 6.26 Å². The number of nitrogens with zero attached hydrogens (tertiary/aromatic N) is 1. The topological polar surface area (TPSA) is 72.2 Å². The Hall–Kier alpha value is -1.82. The van der Waals surface area contributed by atoms with Crippen molar-refractivity contribution in [3.8, 4) is 0 Å². The molecule has 0 unspecified atom stereocenters. The molecule has 0 saturated heterocycles. The van der Waals surface area contributed by atoms with Gasteiger partial charge in [0.2, 0.25) is 0 Å². The quantitative estimate of drug-likeness (QED) is 0.930. The second-order valence-electron chi connectivity index (χ2n) is 4.42.